The van der Waals surface area contributed by atoms with E-state index in [1.807, 2.05) is 18.2 Å². The summed E-state index contributed by atoms with van der Waals surface area (Å²) in [7, 11) is 1.66. The number of hydrogen-bond acceptors (Lipinski definition) is 4. The summed E-state index contributed by atoms with van der Waals surface area (Å²) in [4.78, 5) is 1.70. The van der Waals surface area contributed by atoms with Crippen molar-refractivity contribution >= 4 is 34.2 Å². The second-order valence-electron chi connectivity index (χ2n) is 4.78. The third-order valence-electron chi connectivity index (χ3n) is 3.29. The summed E-state index contributed by atoms with van der Waals surface area (Å²) in [6.07, 6.45) is 2.15. The van der Waals surface area contributed by atoms with E-state index in [0.29, 0.717) is 4.99 Å². The molecule has 0 spiro atoms. The lowest BCUT2D eigenvalue weighted by molar-refractivity contribution is 0.415. The average molecular weight is 320 g/mol. The Kier molecular flexibility index (Phi) is 5.59. The molecule has 0 aliphatic rings. The summed E-state index contributed by atoms with van der Waals surface area (Å²) in [5.74, 6) is 0.791. The molecule has 0 saturated heterocycles. The zero-order valence-corrected chi connectivity index (χ0v) is 13.9. The molecule has 0 amide bonds. The van der Waals surface area contributed by atoms with Crippen LogP contribution in [0.5, 0.6) is 5.75 Å². The smallest absolute Gasteiger partial charge is 0.120 e. The zero-order valence-electron chi connectivity index (χ0n) is 12.3. The number of nitrogens with one attached hydrogen (secondary N) is 1. The zero-order chi connectivity index (χ0) is 15.2. The Hall–Kier alpha value is -1.59. The van der Waals surface area contributed by atoms with Gasteiger partial charge in [0.05, 0.1) is 13.2 Å². The van der Waals surface area contributed by atoms with Gasteiger partial charge >= 0.3 is 0 Å². The predicted octanol–water partition coefficient (Wildman–Crippen LogP) is 4.34. The predicted molar refractivity (Wildman–Crippen MR) is 94.5 cm³/mol. The Morgan fingerprint density at radius 3 is 2.81 bits per heavy atom. The highest BCUT2D eigenvalue weighted by Crippen LogP contribution is 2.31. The third kappa shape index (κ3) is 3.95. The van der Waals surface area contributed by atoms with Gasteiger partial charge in [-0.1, -0.05) is 31.6 Å². The van der Waals surface area contributed by atoms with Gasteiger partial charge in [-0.25, -0.2) is 0 Å². The van der Waals surface area contributed by atoms with Crippen molar-refractivity contribution in [2.24, 2.45) is 5.73 Å². The molecule has 1 unspecified atom stereocenters. The van der Waals surface area contributed by atoms with E-state index < -0.39 is 0 Å². The Labute approximate surface area is 135 Å². The standard InChI is InChI=1S/C16H20N2OS2/c1-3-5-13(15-6-4-9-21-15)18-14-10-11(19-2)7-8-12(14)16(17)20/h4,6-10,13,18H,3,5H2,1-2H3,(H2,17,20). The van der Waals surface area contributed by atoms with E-state index in [4.69, 9.17) is 22.7 Å². The molecular weight excluding hydrogens is 300 g/mol. The first-order valence-corrected chi connectivity index (χ1v) is 8.22. The van der Waals surface area contributed by atoms with Crippen LogP contribution in [0.2, 0.25) is 0 Å². The quantitative estimate of drug-likeness (QED) is 0.745. The molecule has 5 heteroatoms. The fourth-order valence-corrected chi connectivity index (χ4v) is 3.23. The first-order valence-electron chi connectivity index (χ1n) is 6.93. The highest BCUT2D eigenvalue weighted by Gasteiger charge is 2.15. The Morgan fingerprint density at radius 1 is 1.43 bits per heavy atom. The van der Waals surface area contributed by atoms with Crippen molar-refractivity contribution in [3.05, 3.63) is 46.2 Å². The van der Waals surface area contributed by atoms with E-state index in [1.54, 1.807) is 18.4 Å². The number of thiocarbonyl (C=S) groups is 1. The minimum absolute atomic E-state index is 0.259. The van der Waals surface area contributed by atoms with Gasteiger partial charge < -0.3 is 15.8 Å². The lowest BCUT2D eigenvalue weighted by Gasteiger charge is -2.21. The maximum absolute atomic E-state index is 5.83. The van der Waals surface area contributed by atoms with Gasteiger partial charge in [-0.2, -0.15) is 0 Å². The lowest BCUT2D eigenvalue weighted by atomic mass is 10.1. The second-order valence-corrected chi connectivity index (χ2v) is 6.20. The molecule has 1 heterocycles. The van der Waals surface area contributed by atoms with Crippen molar-refractivity contribution in [2.45, 2.75) is 25.8 Å². The van der Waals surface area contributed by atoms with Crippen LogP contribution in [-0.4, -0.2) is 12.1 Å². The van der Waals surface area contributed by atoms with Crippen molar-refractivity contribution < 1.29 is 4.74 Å². The number of ether oxygens (including phenoxy) is 1. The molecule has 1 aromatic heterocycles. The minimum atomic E-state index is 0.259. The number of methoxy groups -OCH3 is 1. The van der Waals surface area contributed by atoms with Crippen LogP contribution in [0.25, 0.3) is 0 Å². The summed E-state index contributed by atoms with van der Waals surface area (Å²) in [5, 5.41) is 5.67. The molecule has 1 atom stereocenters. The fraction of sp³-hybridized carbons (Fsp3) is 0.312. The van der Waals surface area contributed by atoms with Gasteiger partial charge in [0.15, 0.2) is 0 Å². The first-order chi connectivity index (χ1) is 10.2. The number of anilines is 1. The highest BCUT2D eigenvalue weighted by molar-refractivity contribution is 7.80. The molecule has 0 bridgehead atoms. The number of benzene rings is 1. The lowest BCUT2D eigenvalue weighted by Crippen LogP contribution is -2.16. The van der Waals surface area contributed by atoms with Crippen molar-refractivity contribution in [3.63, 3.8) is 0 Å². The van der Waals surface area contributed by atoms with Gasteiger partial charge in [0, 0.05) is 22.2 Å². The molecule has 0 fully saturated rings. The normalized spacial score (nSPS) is 11.9. The van der Waals surface area contributed by atoms with E-state index in [-0.39, 0.29) is 6.04 Å². The summed E-state index contributed by atoms with van der Waals surface area (Å²) in [5.41, 5.74) is 7.60. The van der Waals surface area contributed by atoms with Gasteiger partial charge in [-0.05, 0) is 30.0 Å². The summed E-state index contributed by atoms with van der Waals surface area (Å²) in [6, 6.07) is 10.2. The van der Waals surface area contributed by atoms with Crippen molar-refractivity contribution in [1.82, 2.24) is 0 Å². The summed E-state index contributed by atoms with van der Waals surface area (Å²) >= 11 is 6.90. The monoisotopic (exact) mass is 320 g/mol. The molecule has 3 N–H and O–H groups in total. The first kappa shape index (κ1) is 15.8. The maximum Gasteiger partial charge on any atom is 0.120 e. The van der Waals surface area contributed by atoms with Crippen LogP contribution in [0.15, 0.2) is 35.7 Å². The van der Waals surface area contributed by atoms with E-state index in [9.17, 15) is 0 Å². The Morgan fingerprint density at radius 2 is 2.24 bits per heavy atom. The molecule has 112 valence electrons. The fourth-order valence-electron chi connectivity index (χ4n) is 2.24. The minimum Gasteiger partial charge on any atom is -0.497 e. The van der Waals surface area contributed by atoms with Crippen LogP contribution in [0.1, 0.15) is 36.2 Å². The average Bonchev–Trinajstić information content (AvgIpc) is 3.00. The van der Waals surface area contributed by atoms with Gasteiger partial charge in [0.25, 0.3) is 0 Å². The van der Waals surface area contributed by atoms with Crippen molar-refractivity contribution in [3.8, 4) is 5.75 Å². The SMILES string of the molecule is CCCC(Nc1cc(OC)ccc1C(N)=S)c1cccs1. The molecule has 1 aromatic carbocycles. The van der Waals surface area contributed by atoms with Crippen molar-refractivity contribution in [1.29, 1.82) is 0 Å². The van der Waals surface area contributed by atoms with E-state index in [2.05, 4.69) is 29.8 Å². The van der Waals surface area contributed by atoms with E-state index >= 15 is 0 Å². The molecule has 2 aromatic rings. The molecule has 3 nitrogen and oxygen atoms in total. The number of nitrogens with two attached hydrogens (primary N) is 1. The van der Waals surface area contributed by atoms with Crippen molar-refractivity contribution in [2.75, 3.05) is 12.4 Å². The van der Waals surface area contributed by atoms with Gasteiger partial charge in [-0.3, -0.25) is 0 Å². The molecular formula is C16H20N2OS2. The van der Waals surface area contributed by atoms with Crippen LogP contribution >= 0.6 is 23.6 Å². The van der Waals surface area contributed by atoms with Crippen LogP contribution in [0.3, 0.4) is 0 Å². The number of hydrogen-bond donors (Lipinski definition) is 2. The second kappa shape index (κ2) is 7.43. The Bertz CT molecular complexity index is 596. The topological polar surface area (TPSA) is 47.3 Å². The highest BCUT2D eigenvalue weighted by atomic mass is 32.1. The van der Waals surface area contributed by atoms with Gasteiger partial charge in [0.1, 0.15) is 10.7 Å². The summed E-state index contributed by atoms with van der Waals surface area (Å²) < 4.78 is 5.30. The van der Waals surface area contributed by atoms with Crippen LogP contribution in [0.4, 0.5) is 5.69 Å². The molecule has 0 radical (unpaired) electrons. The van der Waals surface area contributed by atoms with Crippen LogP contribution < -0.4 is 15.8 Å². The molecule has 2 rings (SSSR count). The summed E-state index contributed by atoms with van der Waals surface area (Å²) in [6.45, 7) is 2.18. The van der Waals surface area contributed by atoms with Gasteiger partial charge in [0.2, 0.25) is 0 Å². The van der Waals surface area contributed by atoms with Crippen LogP contribution in [-0.2, 0) is 0 Å². The van der Waals surface area contributed by atoms with E-state index in [0.717, 1.165) is 29.8 Å². The largest absolute Gasteiger partial charge is 0.497 e. The molecule has 0 saturated carbocycles. The number of rotatable bonds is 7. The molecule has 21 heavy (non-hydrogen) atoms. The third-order valence-corrected chi connectivity index (χ3v) is 4.49. The molecule has 0 aliphatic carbocycles. The molecule has 0 aliphatic heterocycles. The maximum atomic E-state index is 5.83. The number of thiophene rings is 1. The Balaban J connectivity index is 2.32. The van der Waals surface area contributed by atoms with E-state index in [1.165, 1.54) is 4.88 Å². The van der Waals surface area contributed by atoms with Gasteiger partial charge in [-0.15, -0.1) is 11.3 Å². The van der Waals surface area contributed by atoms with Crippen LogP contribution in [0, 0.1) is 0 Å².